The predicted octanol–water partition coefficient (Wildman–Crippen LogP) is 5.96. The van der Waals surface area contributed by atoms with E-state index >= 15 is 0 Å². The van der Waals surface area contributed by atoms with E-state index < -0.39 is 0 Å². The highest BCUT2D eigenvalue weighted by atomic mass is 16.3. The lowest BCUT2D eigenvalue weighted by atomic mass is 9.79. The molecule has 3 aromatic rings. The number of aliphatic hydroxyl groups excluding tert-OH is 1. The van der Waals surface area contributed by atoms with E-state index in [1.165, 1.54) is 0 Å². The standard InChI is InChI=1S/C30H29NO3/c1-19-10-9-13-24(21(19)3)28-25(30(34)22-11-5-4-6-12-22)16-23(18-33)27(20(2)17-32)29(28)26-14-7-8-15-31-26/h4-6,8-16,18,20,31-32H,7,17H2,1-3H3/t20-/m1/s1. The van der Waals surface area contributed by atoms with E-state index in [4.69, 9.17) is 0 Å². The van der Waals surface area contributed by atoms with E-state index in [-0.39, 0.29) is 18.3 Å². The minimum atomic E-state index is -0.298. The number of nitrogens with one attached hydrogen (secondary N) is 1. The lowest BCUT2D eigenvalue weighted by Gasteiger charge is -2.27. The summed E-state index contributed by atoms with van der Waals surface area (Å²) in [5.41, 5.74) is 7.73. The summed E-state index contributed by atoms with van der Waals surface area (Å²) in [6, 6.07) is 16.9. The molecule has 0 fully saturated rings. The molecule has 1 atom stereocenters. The third-order valence-corrected chi connectivity index (χ3v) is 6.53. The number of allylic oxidation sites excluding steroid dienone is 2. The number of aryl methyl sites for hydroxylation is 1. The third-order valence-electron chi connectivity index (χ3n) is 6.53. The highest BCUT2D eigenvalue weighted by molar-refractivity contribution is 6.15. The summed E-state index contributed by atoms with van der Waals surface area (Å²) in [4.78, 5) is 26.2. The number of aliphatic hydroxyl groups is 1. The van der Waals surface area contributed by atoms with Crippen LogP contribution >= 0.6 is 0 Å². The van der Waals surface area contributed by atoms with Crippen LogP contribution in [-0.4, -0.2) is 23.8 Å². The second-order valence-corrected chi connectivity index (χ2v) is 8.72. The molecule has 3 aromatic carbocycles. The van der Waals surface area contributed by atoms with Crippen LogP contribution in [-0.2, 0) is 0 Å². The van der Waals surface area contributed by atoms with Crippen molar-refractivity contribution < 1.29 is 14.7 Å². The average Bonchev–Trinajstić information content (AvgIpc) is 2.89. The molecule has 34 heavy (non-hydrogen) atoms. The molecule has 1 heterocycles. The number of carbonyl (C=O) groups is 2. The summed E-state index contributed by atoms with van der Waals surface area (Å²) in [5, 5.41) is 13.4. The number of hydrogen-bond donors (Lipinski definition) is 2. The summed E-state index contributed by atoms with van der Waals surface area (Å²) in [6.07, 6.45) is 7.47. The van der Waals surface area contributed by atoms with Crippen molar-refractivity contribution in [3.63, 3.8) is 0 Å². The van der Waals surface area contributed by atoms with Crippen LogP contribution in [0.5, 0.6) is 0 Å². The van der Waals surface area contributed by atoms with Gasteiger partial charge in [0, 0.05) is 46.0 Å². The van der Waals surface area contributed by atoms with Gasteiger partial charge in [0.25, 0.3) is 0 Å². The van der Waals surface area contributed by atoms with Crippen molar-refractivity contribution >= 4 is 17.8 Å². The van der Waals surface area contributed by atoms with Crippen LogP contribution in [0.3, 0.4) is 0 Å². The van der Waals surface area contributed by atoms with Crippen molar-refractivity contribution in [1.29, 1.82) is 0 Å². The van der Waals surface area contributed by atoms with Gasteiger partial charge in [-0.25, -0.2) is 0 Å². The number of ketones is 1. The smallest absolute Gasteiger partial charge is 0.193 e. The molecule has 0 aliphatic carbocycles. The summed E-state index contributed by atoms with van der Waals surface area (Å²) in [5.74, 6) is -0.440. The Morgan fingerprint density at radius 3 is 2.50 bits per heavy atom. The highest BCUT2D eigenvalue weighted by Crippen LogP contribution is 2.42. The Hall–Kier alpha value is -3.76. The van der Waals surface area contributed by atoms with Gasteiger partial charge >= 0.3 is 0 Å². The van der Waals surface area contributed by atoms with Crippen LogP contribution in [0.15, 0.2) is 72.9 Å². The van der Waals surface area contributed by atoms with Crippen LogP contribution in [0.1, 0.15) is 67.8 Å². The Balaban J connectivity index is 2.17. The molecule has 4 rings (SSSR count). The van der Waals surface area contributed by atoms with E-state index in [9.17, 15) is 14.7 Å². The number of hydrogen-bond acceptors (Lipinski definition) is 4. The Morgan fingerprint density at radius 1 is 1.09 bits per heavy atom. The normalized spacial score (nSPS) is 13.7. The van der Waals surface area contributed by atoms with Gasteiger partial charge in [0.2, 0.25) is 0 Å². The summed E-state index contributed by atoms with van der Waals surface area (Å²) >= 11 is 0. The first-order chi connectivity index (χ1) is 16.5. The van der Waals surface area contributed by atoms with Crippen molar-refractivity contribution in [3.05, 3.63) is 112 Å². The monoisotopic (exact) mass is 451 g/mol. The fraction of sp³-hybridized carbons (Fsp3) is 0.200. The van der Waals surface area contributed by atoms with E-state index in [1.807, 2.05) is 49.5 Å². The number of dihydropyridines is 1. The SMILES string of the molecule is Cc1cccc(-c2c(C(=O)c3ccccc3)cc(C=O)c([C@H](C)CO)c2C2=CCC=CN2)c1C. The maximum atomic E-state index is 13.9. The number of benzene rings is 3. The van der Waals surface area contributed by atoms with Crippen LogP contribution in [0, 0.1) is 13.8 Å². The first-order valence-corrected chi connectivity index (χ1v) is 11.5. The first kappa shape index (κ1) is 23.4. The fourth-order valence-electron chi connectivity index (χ4n) is 4.58. The van der Waals surface area contributed by atoms with Crippen molar-refractivity contribution in [2.75, 3.05) is 6.61 Å². The molecule has 0 amide bonds. The second-order valence-electron chi connectivity index (χ2n) is 8.72. The van der Waals surface area contributed by atoms with Gasteiger partial charge < -0.3 is 10.4 Å². The molecule has 172 valence electrons. The first-order valence-electron chi connectivity index (χ1n) is 11.5. The minimum Gasteiger partial charge on any atom is -0.396 e. The topological polar surface area (TPSA) is 66.4 Å². The zero-order chi connectivity index (χ0) is 24.2. The zero-order valence-corrected chi connectivity index (χ0v) is 19.8. The molecule has 0 radical (unpaired) electrons. The van der Waals surface area contributed by atoms with Gasteiger partial charge in [0.05, 0.1) is 0 Å². The third kappa shape index (κ3) is 4.25. The molecule has 0 saturated heterocycles. The van der Waals surface area contributed by atoms with Gasteiger partial charge in [-0.3, -0.25) is 9.59 Å². The van der Waals surface area contributed by atoms with E-state index in [2.05, 4.69) is 31.3 Å². The van der Waals surface area contributed by atoms with Crippen LogP contribution in [0.4, 0.5) is 0 Å². The van der Waals surface area contributed by atoms with Gasteiger partial charge in [-0.1, -0.05) is 67.6 Å². The average molecular weight is 452 g/mol. The predicted molar refractivity (Wildman–Crippen MR) is 137 cm³/mol. The largest absolute Gasteiger partial charge is 0.396 e. The molecule has 4 nitrogen and oxygen atoms in total. The molecule has 0 spiro atoms. The molecule has 2 N–H and O–H groups in total. The lowest BCUT2D eigenvalue weighted by molar-refractivity contribution is 0.103. The van der Waals surface area contributed by atoms with Gasteiger partial charge in [0.1, 0.15) is 6.29 Å². The van der Waals surface area contributed by atoms with E-state index in [1.54, 1.807) is 18.2 Å². The van der Waals surface area contributed by atoms with Crippen LogP contribution in [0.25, 0.3) is 16.8 Å². The number of aldehydes is 1. The van der Waals surface area contributed by atoms with Gasteiger partial charge in [-0.05, 0) is 54.8 Å². The van der Waals surface area contributed by atoms with Gasteiger partial charge in [0.15, 0.2) is 5.78 Å². The molecule has 1 aliphatic rings. The van der Waals surface area contributed by atoms with Crippen molar-refractivity contribution in [1.82, 2.24) is 5.32 Å². The molecule has 0 saturated carbocycles. The molecule has 0 unspecified atom stereocenters. The Kier molecular flexibility index (Phi) is 6.90. The molecule has 4 heteroatoms. The molecular weight excluding hydrogens is 422 g/mol. The summed E-state index contributed by atoms with van der Waals surface area (Å²) in [7, 11) is 0. The maximum Gasteiger partial charge on any atom is 0.193 e. The molecular formula is C30H29NO3. The Bertz CT molecular complexity index is 1300. The van der Waals surface area contributed by atoms with Crippen molar-refractivity contribution in [2.24, 2.45) is 0 Å². The van der Waals surface area contributed by atoms with Crippen LogP contribution < -0.4 is 5.32 Å². The summed E-state index contributed by atoms with van der Waals surface area (Å²) < 4.78 is 0. The Labute approximate surface area is 200 Å². The zero-order valence-electron chi connectivity index (χ0n) is 19.8. The molecule has 0 bridgehead atoms. The van der Waals surface area contributed by atoms with Gasteiger partial charge in [-0.2, -0.15) is 0 Å². The van der Waals surface area contributed by atoms with E-state index in [0.29, 0.717) is 16.7 Å². The van der Waals surface area contributed by atoms with E-state index in [0.717, 1.165) is 51.8 Å². The Morgan fingerprint density at radius 2 is 1.85 bits per heavy atom. The van der Waals surface area contributed by atoms with Gasteiger partial charge in [-0.15, -0.1) is 0 Å². The van der Waals surface area contributed by atoms with Crippen molar-refractivity contribution in [2.45, 2.75) is 33.1 Å². The number of carbonyl (C=O) groups excluding carboxylic acids is 2. The molecule has 1 aliphatic heterocycles. The minimum absolute atomic E-state index is 0.116. The molecule has 0 aromatic heterocycles. The summed E-state index contributed by atoms with van der Waals surface area (Å²) in [6.45, 7) is 5.89. The maximum absolute atomic E-state index is 13.9. The van der Waals surface area contributed by atoms with Crippen LogP contribution in [0.2, 0.25) is 0 Å². The second kappa shape index (κ2) is 10.0. The highest BCUT2D eigenvalue weighted by Gasteiger charge is 2.28. The quantitative estimate of drug-likeness (QED) is 0.344. The number of rotatable bonds is 7. The lowest BCUT2D eigenvalue weighted by Crippen LogP contribution is -2.18. The fourth-order valence-corrected chi connectivity index (χ4v) is 4.58. The van der Waals surface area contributed by atoms with Crippen molar-refractivity contribution in [3.8, 4) is 11.1 Å².